The quantitative estimate of drug-likeness (QED) is 0.526. The largest absolute Gasteiger partial charge is 0.0839 e. The van der Waals surface area contributed by atoms with Gasteiger partial charge in [-0.2, -0.15) is 0 Å². The zero-order valence-electron chi connectivity index (χ0n) is 5.89. The Morgan fingerprint density at radius 1 is 1.50 bits per heavy atom. The van der Waals surface area contributed by atoms with E-state index in [0.29, 0.717) is 4.83 Å². The Morgan fingerprint density at radius 2 is 2.40 bits per heavy atom. The van der Waals surface area contributed by atoms with E-state index in [1.807, 2.05) is 0 Å². The van der Waals surface area contributed by atoms with Crippen LogP contribution in [-0.4, -0.2) is 4.83 Å². The summed E-state index contributed by atoms with van der Waals surface area (Å²) in [6.07, 6.45) is 10.8. The topological polar surface area (TPSA) is 0 Å². The van der Waals surface area contributed by atoms with Gasteiger partial charge in [-0.05, 0) is 25.2 Å². The smallest absolute Gasteiger partial charge is 0.0393 e. The first kappa shape index (κ1) is 6.66. The number of allylic oxidation sites excluding steroid dienone is 4. The molecule has 1 saturated carbocycles. The van der Waals surface area contributed by atoms with Crippen molar-refractivity contribution in [1.82, 2.24) is 0 Å². The molecule has 1 fully saturated rings. The van der Waals surface area contributed by atoms with E-state index in [1.54, 1.807) is 5.57 Å². The lowest BCUT2D eigenvalue weighted by Crippen LogP contribution is -2.11. The van der Waals surface area contributed by atoms with Gasteiger partial charge in [-0.1, -0.05) is 39.7 Å². The molecule has 0 bridgehead atoms. The number of halogens is 1. The normalized spacial score (nSPS) is 37.5. The van der Waals surface area contributed by atoms with Crippen molar-refractivity contribution in [1.29, 1.82) is 0 Å². The second kappa shape index (κ2) is 2.54. The summed E-state index contributed by atoms with van der Waals surface area (Å²) in [5.74, 6) is 0.824. The van der Waals surface area contributed by atoms with Crippen LogP contribution in [0.3, 0.4) is 0 Å². The van der Waals surface area contributed by atoms with Gasteiger partial charge in [0.25, 0.3) is 0 Å². The maximum Gasteiger partial charge on any atom is 0.0393 e. The zero-order valence-corrected chi connectivity index (χ0v) is 7.47. The summed E-state index contributed by atoms with van der Waals surface area (Å²) in [6, 6.07) is 0. The van der Waals surface area contributed by atoms with E-state index in [-0.39, 0.29) is 0 Å². The van der Waals surface area contributed by atoms with Gasteiger partial charge in [0.15, 0.2) is 0 Å². The lowest BCUT2D eigenvalue weighted by atomic mass is 9.95. The lowest BCUT2D eigenvalue weighted by Gasteiger charge is -2.18. The van der Waals surface area contributed by atoms with Gasteiger partial charge in [0, 0.05) is 4.83 Å². The van der Waals surface area contributed by atoms with Crippen LogP contribution in [-0.2, 0) is 0 Å². The molecule has 1 unspecified atom stereocenters. The molecule has 2 rings (SSSR count). The third-order valence-corrected chi connectivity index (χ3v) is 3.39. The molecule has 0 saturated heterocycles. The highest BCUT2D eigenvalue weighted by atomic mass is 79.9. The molecular formula is C9H11Br. The second-order valence-corrected chi connectivity index (χ2v) is 4.13. The summed E-state index contributed by atoms with van der Waals surface area (Å²) in [6.45, 7) is 0. The van der Waals surface area contributed by atoms with Crippen molar-refractivity contribution >= 4 is 15.9 Å². The molecule has 0 radical (unpaired) electrons. The highest BCUT2D eigenvalue weighted by Gasteiger charge is 2.26. The molecule has 0 aromatic carbocycles. The molecule has 10 heavy (non-hydrogen) atoms. The molecule has 0 amide bonds. The number of rotatable bonds is 0. The van der Waals surface area contributed by atoms with Crippen molar-refractivity contribution in [3.05, 3.63) is 23.8 Å². The van der Waals surface area contributed by atoms with Gasteiger partial charge in [0.1, 0.15) is 0 Å². The van der Waals surface area contributed by atoms with Crippen molar-refractivity contribution in [2.24, 2.45) is 5.92 Å². The Balaban J connectivity index is 2.25. The molecule has 2 atom stereocenters. The van der Waals surface area contributed by atoms with Crippen LogP contribution in [0.15, 0.2) is 23.8 Å². The Bertz CT molecular complexity index is 191. The molecule has 0 spiro atoms. The molecule has 2 aliphatic rings. The maximum absolute atomic E-state index is 3.67. The lowest BCUT2D eigenvalue weighted by molar-refractivity contribution is 0.652. The van der Waals surface area contributed by atoms with Crippen LogP contribution < -0.4 is 0 Å². The van der Waals surface area contributed by atoms with Crippen LogP contribution in [0.25, 0.3) is 0 Å². The van der Waals surface area contributed by atoms with Gasteiger partial charge in [0.2, 0.25) is 0 Å². The Labute approximate surface area is 70.1 Å². The van der Waals surface area contributed by atoms with Gasteiger partial charge in [0.05, 0.1) is 0 Å². The average molecular weight is 199 g/mol. The van der Waals surface area contributed by atoms with E-state index < -0.39 is 0 Å². The van der Waals surface area contributed by atoms with Crippen molar-refractivity contribution in [3.63, 3.8) is 0 Å². The Hall–Kier alpha value is -0.0400. The molecule has 1 heteroatoms. The Morgan fingerprint density at radius 3 is 3.20 bits per heavy atom. The van der Waals surface area contributed by atoms with E-state index in [0.717, 1.165) is 5.92 Å². The minimum absolute atomic E-state index is 0.620. The molecule has 0 N–H and O–H groups in total. The monoisotopic (exact) mass is 198 g/mol. The molecule has 0 aliphatic heterocycles. The average Bonchev–Trinajstić information content (AvgIpc) is 2.36. The summed E-state index contributed by atoms with van der Waals surface area (Å²) in [7, 11) is 0. The third kappa shape index (κ3) is 0.968. The van der Waals surface area contributed by atoms with Crippen molar-refractivity contribution in [2.75, 3.05) is 0 Å². The van der Waals surface area contributed by atoms with Crippen LogP contribution in [0.2, 0.25) is 0 Å². The zero-order chi connectivity index (χ0) is 6.97. The van der Waals surface area contributed by atoms with Crippen molar-refractivity contribution in [2.45, 2.75) is 24.1 Å². The summed E-state index contributed by atoms with van der Waals surface area (Å²) in [5.41, 5.74) is 1.66. The van der Waals surface area contributed by atoms with Gasteiger partial charge in [-0.3, -0.25) is 0 Å². The van der Waals surface area contributed by atoms with Crippen LogP contribution in [0.4, 0.5) is 0 Å². The standard InChI is InChI=1S/C9H11Br/c10-9-6-2-4-7-3-1-5-8(7)9/h2,4,6,8-9H,1,3,5H2/t8?,9-/m0/s1. The van der Waals surface area contributed by atoms with Crippen molar-refractivity contribution < 1.29 is 0 Å². The summed E-state index contributed by atoms with van der Waals surface area (Å²) < 4.78 is 0. The first-order chi connectivity index (χ1) is 4.88. The van der Waals surface area contributed by atoms with E-state index in [1.165, 1.54) is 19.3 Å². The minimum atomic E-state index is 0.620. The SMILES string of the molecule is Br[C@H]1C=CC=C2CCCC21. The second-order valence-electron chi connectivity index (χ2n) is 3.07. The van der Waals surface area contributed by atoms with Crippen LogP contribution in [0.5, 0.6) is 0 Å². The molecule has 54 valence electrons. The van der Waals surface area contributed by atoms with Gasteiger partial charge in [-0.15, -0.1) is 0 Å². The predicted molar refractivity (Wildman–Crippen MR) is 47.3 cm³/mol. The van der Waals surface area contributed by atoms with Crippen molar-refractivity contribution in [3.8, 4) is 0 Å². The highest BCUT2D eigenvalue weighted by Crippen LogP contribution is 2.38. The summed E-state index contributed by atoms with van der Waals surface area (Å²) >= 11 is 3.67. The fraction of sp³-hybridized carbons (Fsp3) is 0.556. The number of fused-ring (bicyclic) bond motifs is 1. The first-order valence-corrected chi connectivity index (χ1v) is 4.81. The Kier molecular flexibility index (Phi) is 1.69. The molecule has 0 nitrogen and oxygen atoms in total. The van der Waals surface area contributed by atoms with Gasteiger partial charge in [-0.25, -0.2) is 0 Å². The molecular weight excluding hydrogens is 188 g/mol. The van der Waals surface area contributed by atoms with Gasteiger partial charge >= 0.3 is 0 Å². The number of hydrogen-bond donors (Lipinski definition) is 0. The summed E-state index contributed by atoms with van der Waals surface area (Å²) in [4.78, 5) is 0.620. The van der Waals surface area contributed by atoms with Crippen LogP contribution in [0, 0.1) is 5.92 Å². The van der Waals surface area contributed by atoms with Crippen LogP contribution in [0.1, 0.15) is 19.3 Å². The van der Waals surface area contributed by atoms with Gasteiger partial charge < -0.3 is 0 Å². The number of hydrogen-bond acceptors (Lipinski definition) is 0. The molecule has 0 aromatic rings. The summed E-state index contributed by atoms with van der Waals surface area (Å²) in [5, 5.41) is 0. The fourth-order valence-electron chi connectivity index (χ4n) is 1.89. The maximum atomic E-state index is 3.67. The highest BCUT2D eigenvalue weighted by molar-refractivity contribution is 9.09. The fourth-order valence-corrected chi connectivity index (χ4v) is 2.67. The molecule has 0 heterocycles. The molecule has 2 aliphatic carbocycles. The number of alkyl halides is 1. The van der Waals surface area contributed by atoms with E-state index in [9.17, 15) is 0 Å². The van der Waals surface area contributed by atoms with E-state index >= 15 is 0 Å². The predicted octanol–water partition coefficient (Wildman–Crippen LogP) is 3.05. The third-order valence-electron chi connectivity index (χ3n) is 2.45. The minimum Gasteiger partial charge on any atom is -0.0839 e. The van der Waals surface area contributed by atoms with E-state index in [2.05, 4.69) is 34.2 Å². The first-order valence-electron chi connectivity index (χ1n) is 3.89. The van der Waals surface area contributed by atoms with E-state index in [4.69, 9.17) is 0 Å². The van der Waals surface area contributed by atoms with Crippen LogP contribution >= 0.6 is 15.9 Å². The molecule has 0 aromatic heterocycles.